The number of amides is 1. The van der Waals surface area contributed by atoms with E-state index < -0.39 is 0 Å². The van der Waals surface area contributed by atoms with Crippen LogP contribution in [0.2, 0.25) is 0 Å². The van der Waals surface area contributed by atoms with Crippen molar-refractivity contribution < 1.29 is 4.79 Å². The lowest BCUT2D eigenvalue weighted by Gasteiger charge is -2.09. The molecule has 88 valence electrons. The fourth-order valence-corrected chi connectivity index (χ4v) is 2.53. The van der Waals surface area contributed by atoms with Crippen LogP contribution in [-0.2, 0) is 4.79 Å². The first-order chi connectivity index (χ1) is 7.84. The van der Waals surface area contributed by atoms with E-state index in [1.54, 1.807) is 0 Å². The highest BCUT2D eigenvalue weighted by molar-refractivity contribution is 8.15. The van der Waals surface area contributed by atoms with Crippen LogP contribution in [0.4, 0.5) is 0 Å². The normalized spacial score (nSPS) is 25.1. The molecule has 0 radical (unpaired) electrons. The van der Waals surface area contributed by atoms with Crippen molar-refractivity contribution in [2.45, 2.75) is 44.9 Å². The topological polar surface area (TPSA) is 53.8 Å². The number of thioether (sulfide) groups is 1. The molecule has 2 rings (SSSR count). The third-order valence-corrected chi connectivity index (χ3v) is 3.66. The molecule has 1 aliphatic heterocycles. The lowest BCUT2D eigenvalue weighted by Crippen LogP contribution is -2.19. The van der Waals surface area contributed by atoms with Crippen molar-refractivity contribution in [3.63, 3.8) is 0 Å². The highest BCUT2D eigenvalue weighted by atomic mass is 32.2. The van der Waals surface area contributed by atoms with Gasteiger partial charge in [0.15, 0.2) is 5.17 Å². The fraction of sp³-hybridized carbons (Fsp3) is 0.727. The zero-order valence-corrected chi connectivity index (χ0v) is 10.2. The van der Waals surface area contributed by atoms with Gasteiger partial charge in [-0.05, 0) is 25.7 Å². The van der Waals surface area contributed by atoms with Gasteiger partial charge in [0.1, 0.15) is 0 Å². The molecule has 0 spiro atoms. The molecular formula is C11H17N3OS. The number of amidine groups is 1. The summed E-state index contributed by atoms with van der Waals surface area (Å²) >= 11 is 1.43. The third kappa shape index (κ3) is 3.63. The molecule has 0 aromatic rings. The molecule has 1 saturated heterocycles. The zero-order chi connectivity index (χ0) is 11.2. The van der Waals surface area contributed by atoms with Crippen LogP contribution in [0.5, 0.6) is 0 Å². The Morgan fingerprint density at radius 1 is 1.00 bits per heavy atom. The third-order valence-electron chi connectivity index (χ3n) is 2.80. The molecule has 16 heavy (non-hydrogen) atoms. The van der Waals surface area contributed by atoms with Gasteiger partial charge < -0.3 is 5.32 Å². The van der Waals surface area contributed by atoms with Crippen LogP contribution in [0.15, 0.2) is 10.2 Å². The van der Waals surface area contributed by atoms with Gasteiger partial charge in [-0.15, -0.1) is 5.10 Å². The van der Waals surface area contributed by atoms with Crippen LogP contribution < -0.4 is 5.32 Å². The van der Waals surface area contributed by atoms with Gasteiger partial charge in [-0.25, -0.2) is 0 Å². The predicted octanol–water partition coefficient (Wildman–Crippen LogP) is 2.31. The SMILES string of the molecule is O=C1CSC(=NN=C2CCCCCCC2)N1. The second kappa shape index (κ2) is 6.03. The average Bonchev–Trinajstić information content (AvgIpc) is 2.63. The first-order valence-corrected chi connectivity index (χ1v) is 6.89. The molecule has 2 fully saturated rings. The number of nitrogens with zero attached hydrogens (tertiary/aromatic N) is 2. The summed E-state index contributed by atoms with van der Waals surface area (Å²) in [5, 5.41) is 11.7. The number of nitrogens with one attached hydrogen (secondary N) is 1. The molecule has 0 unspecified atom stereocenters. The van der Waals surface area contributed by atoms with Crippen molar-refractivity contribution in [1.29, 1.82) is 0 Å². The van der Waals surface area contributed by atoms with Crippen LogP contribution in [0, 0.1) is 0 Å². The summed E-state index contributed by atoms with van der Waals surface area (Å²) < 4.78 is 0. The summed E-state index contributed by atoms with van der Waals surface area (Å²) in [6.45, 7) is 0. The molecule has 4 nitrogen and oxygen atoms in total. The first-order valence-electron chi connectivity index (χ1n) is 5.90. The van der Waals surface area contributed by atoms with Gasteiger partial charge >= 0.3 is 0 Å². The predicted molar refractivity (Wildman–Crippen MR) is 67.8 cm³/mol. The van der Waals surface area contributed by atoms with Crippen LogP contribution in [0.3, 0.4) is 0 Å². The first kappa shape index (κ1) is 11.6. The van der Waals surface area contributed by atoms with Crippen LogP contribution in [-0.4, -0.2) is 22.5 Å². The number of hydrogen-bond acceptors (Lipinski definition) is 4. The van der Waals surface area contributed by atoms with Gasteiger partial charge in [-0.1, -0.05) is 31.0 Å². The summed E-state index contributed by atoms with van der Waals surface area (Å²) in [5.74, 6) is 0.505. The molecule has 1 aliphatic carbocycles. The second-order valence-electron chi connectivity index (χ2n) is 4.18. The van der Waals surface area contributed by atoms with E-state index in [4.69, 9.17) is 0 Å². The van der Waals surface area contributed by atoms with Gasteiger partial charge in [-0.2, -0.15) is 5.10 Å². The van der Waals surface area contributed by atoms with Gasteiger partial charge in [-0.3, -0.25) is 4.79 Å². The fourth-order valence-electron chi connectivity index (χ4n) is 1.91. The molecule has 0 aromatic carbocycles. The minimum Gasteiger partial charge on any atom is -0.303 e. The van der Waals surface area contributed by atoms with E-state index in [0.717, 1.165) is 12.8 Å². The van der Waals surface area contributed by atoms with Gasteiger partial charge in [0.2, 0.25) is 5.91 Å². The van der Waals surface area contributed by atoms with E-state index in [-0.39, 0.29) is 5.91 Å². The van der Waals surface area contributed by atoms with E-state index in [2.05, 4.69) is 15.5 Å². The highest BCUT2D eigenvalue weighted by Crippen LogP contribution is 2.16. The van der Waals surface area contributed by atoms with Crippen molar-refractivity contribution in [2.75, 3.05) is 5.75 Å². The van der Waals surface area contributed by atoms with Crippen LogP contribution in [0.25, 0.3) is 0 Å². The summed E-state index contributed by atoms with van der Waals surface area (Å²) in [5.41, 5.74) is 1.19. The van der Waals surface area contributed by atoms with Crippen molar-refractivity contribution >= 4 is 28.5 Å². The van der Waals surface area contributed by atoms with Gasteiger partial charge in [0.05, 0.1) is 5.75 Å². The molecule has 1 heterocycles. The molecule has 0 atom stereocenters. The lowest BCUT2D eigenvalue weighted by atomic mass is 9.99. The Hall–Kier alpha value is -0.840. The molecular weight excluding hydrogens is 222 g/mol. The van der Waals surface area contributed by atoms with E-state index in [0.29, 0.717) is 10.9 Å². The van der Waals surface area contributed by atoms with E-state index >= 15 is 0 Å². The Kier molecular flexibility index (Phi) is 4.39. The standard InChI is InChI=1S/C11H17N3OS/c15-10-8-16-11(12-10)14-13-9-6-4-2-1-3-5-7-9/h1-8H2,(H,12,14,15). The van der Waals surface area contributed by atoms with Crippen molar-refractivity contribution in [3.05, 3.63) is 0 Å². The molecule has 1 N–H and O–H groups in total. The number of hydrogen-bond donors (Lipinski definition) is 1. The Morgan fingerprint density at radius 3 is 2.31 bits per heavy atom. The van der Waals surface area contributed by atoms with Crippen molar-refractivity contribution in [2.24, 2.45) is 10.2 Å². The monoisotopic (exact) mass is 239 g/mol. The minimum absolute atomic E-state index is 0.0293. The Labute approximate surface area is 100.0 Å². The summed E-state index contributed by atoms with van der Waals surface area (Å²) in [4.78, 5) is 10.9. The van der Waals surface area contributed by atoms with Gasteiger partial charge in [0, 0.05) is 5.71 Å². The van der Waals surface area contributed by atoms with Crippen molar-refractivity contribution in [3.8, 4) is 0 Å². The minimum atomic E-state index is 0.0293. The summed E-state index contributed by atoms with van der Waals surface area (Å²) in [7, 11) is 0. The number of rotatable bonds is 1. The Bertz CT molecular complexity index is 315. The van der Waals surface area contributed by atoms with Crippen LogP contribution in [0.1, 0.15) is 44.9 Å². The maximum Gasteiger partial charge on any atom is 0.236 e. The maximum absolute atomic E-state index is 10.9. The molecule has 0 aromatic heterocycles. The Morgan fingerprint density at radius 2 is 1.69 bits per heavy atom. The van der Waals surface area contributed by atoms with Crippen LogP contribution >= 0.6 is 11.8 Å². The second-order valence-corrected chi connectivity index (χ2v) is 5.14. The molecule has 5 heteroatoms. The van der Waals surface area contributed by atoms with Gasteiger partial charge in [0.25, 0.3) is 0 Å². The Balaban J connectivity index is 1.91. The molecule has 2 aliphatic rings. The molecule has 1 amide bonds. The zero-order valence-electron chi connectivity index (χ0n) is 9.37. The smallest absolute Gasteiger partial charge is 0.236 e. The highest BCUT2D eigenvalue weighted by Gasteiger charge is 2.16. The summed E-state index contributed by atoms with van der Waals surface area (Å²) in [6, 6.07) is 0. The molecule has 0 bridgehead atoms. The van der Waals surface area contributed by atoms with Crippen molar-refractivity contribution in [1.82, 2.24) is 5.32 Å². The quantitative estimate of drug-likeness (QED) is 0.714. The summed E-state index contributed by atoms with van der Waals surface area (Å²) in [6.07, 6.45) is 8.55. The largest absolute Gasteiger partial charge is 0.303 e. The lowest BCUT2D eigenvalue weighted by molar-refractivity contribution is -0.116. The maximum atomic E-state index is 10.9. The number of carbonyl (C=O) groups excluding carboxylic acids is 1. The van der Waals surface area contributed by atoms with E-state index in [9.17, 15) is 4.79 Å². The average molecular weight is 239 g/mol. The number of carbonyl (C=O) groups is 1. The molecule has 1 saturated carbocycles. The van der Waals surface area contributed by atoms with E-state index in [1.807, 2.05) is 0 Å². The van der Waals surface area contributed by atoms with E-state index in [1.165, 1.54) is 49.6 Å².